The fourth-order valence-electron chi connectivity index (χ4n) is 3.55. The lowest BCUT2D eigenvalue weighted by molar-refractivity contribution is -0.138. The Morgan fingerprint density at radius 3 is 2.44 bits per heavy atom. The molecule has 2 aliphatic rings. The molecule has 2 atom stereocenters. The molecule has 18 heavy (non-hydrogen) atoms. The molecule has 0 aromatic carbocycles. The van der Waals surface area contributed by atoms with Crippen molar-refractivity contribution in [2.24, 2.45) is 17.6 Å². The molecule has 0 aromatic rings. The van der Waals surface area contributed by atoms with Crippen LogP contribution in [0.4, 0.5) is 0 Å². The highest BCUT2D eigenvalue weighted by molar-refractivity contribution is 5.79. The first-order valence-corrected chi connectivity index (χ1v) is 7.76. The van der Waals surface area contributed by atoms with Crippen LogP contribution >= 0.6 is 0 Å². The third kappa shape index (κ3) is 3.25. The number of rotatable bonds is 3. The topological polar surface area (TPSA) is 46.3 Å². The molecule has 0 spiro atoms. The van der Waals surface area contributed by atoms with Crippen molar-refractivity contribution in [3.63, 3.8) is 0 Å². The van der Waals surface area contributed by atoms with E-state index in [1.165, 1.54) is 38.5 Å². The quantitative estimate of drug-likeness (QED) is 0.839. The first-order chi connectivity index (χ1) is 8.72. The second-order valence-corrected chi connectivity index (χ2v) is 6.11. The Bertz CT molecular complexity index is 272. The van der Waals surface area contributed by atoms with Crippen molar-refractivity contribution in [1.82, 2.24) is 4.90 Å². The monoisotopic (exact) mass is 252 g/mol. The lowest BCUT2D eigenvalue weighted by atomic mass is 9.83. The van der Waals surface area contributed by atoms with Gasteiger partial charge >= 0.3 is 0 Å². The van der Waals surface area contributed by atoms with Crippen molar-refractivity contribution in [1.29, 1.82) is 0 Å². The third-order valence-corrected chi connectivity index (χ3v) is 4.76. The zero-order chi connectivity index (χ0) is 13.0. The Kier molecular flexibility index (Phi) is 5.04. The molecule has 1 heterocycles. The predicted octanol–water partition coefficient (Wildman–Crippen LogP) is 2.54. The smallest absolute Gasteiger partial charge is 0.227 e. The molecule has 3 nitrogen and oxygen atoms in total. The van der Waals surface area contributed by atoms with Crippen molar-refractivity contribution in [3.05, 3.63) is 0 Å². The van der Waals surface area contributed by atoms with Gasteiger partial charge < -0.3 is 10.6 Å². The average Bonchev–Trinajstić information content (AvgIpc) is 2.40. The standard InChI is InChI=1S/C15H28N2O/c1-2-5-12-8-10-17(11-9-12)15(18)13-6-3-4-7-14(13)16/h12-14H,2-11,16H2,1H3. The summed E-state index contributed by atoms with van der Waals surface area (Å²) in [5.41, 5.74) is 6.11. The van der Waals surface area contributed by atoms with Crippen LogP contribution in [-0.4, -0.2) is 29.9 Å². The summed E-state index contributed by atoms with van der Waals surface area (Å²) in [6, 6.07) is 0.111. The predicted molar refractivity (Wildman–Crippen MR) is 74.1 cm³/mol. The number of carbonyl (C=O) groups is 1. The molecule has 2 N–H and O–H groups in total. The minimum absolute atomic E-state index is 0.111. The second-order valence-electron chi connectivity index (χ2n) is 6.11. The van der Waals surface area contributed by atoms with Gasteiger partial charge in [-0.05, 0) is 31.6 Å². The van der Waals surface area contributed by atoms with Crippen LogP contribution in [0, 0.1) is 11.8 Å². The van der Waals surface area contributed by atoms with Crippen LogP contribution in [0.2, 0.25) is 0 Å². The molecule has 1 aliphatic heterocycles. The van der Waals surface area contributed by atoms with Crippen molar-refractivity contribution in [3.8, 4) is 0 Å². The maximum atomic E-state index is 12.5. The number of hydrogen-bond acceptors (Lipinski definition) is 2. The molecule has 2 unspecified atom stereocenters. The zero-order valence-corrected chi connectivity index (χ0v) is 11.7. The Balaban J connectivity index is 1.83. The molecule has 104 valence electrons. The molecule has 2 rings (SSSR count). The van der Waals surface area contributed by atoms with Gasteiger partial charge in [-0.2, -0.15) is 0 Å². The van der Waals surface area contributed by atoms with Crippen LogP contribution < -0.4 is 5.73 Å². The van der Waals surface area contributed by atoms with Gasteiger partial charge in [0.25, 0.3) is 0 Å². The molecule has 0 bridgehead atoms. The summed E-state index contributed by atoms with van der Waals surface area (Å²) in [6.45, 7) is 4.18. The first kappa shape index (κ1) is 13.9. The molecular weight excluding hydrogens is 224 g/mol. The second kappa shape index (κ2) is 6.55. The zero-order valence-electron chi connectivity index (χ0n) is 11.7. The highest BCUT2D eigenvalue weighted by atomic mass is 16.2. The van der Waals surface area contributed by atoms with E-state index in [1.54, 1.807) is 0 Å². The van der Waals surface area contributed by atoms with Gasteiger partial charge in [0.05, 0.1) is 5.92 Å². The van der Waals surface area contributed by atoms with Gasteiger partial charge in [-0.15, -0.1) is 0 Å². The van der Waals surface area contributed by atoms with E-state index in [4.69, 9.17) is 5.73 Å². The van der Waals surface area contributed by atoms with E-state index in [0.29, 0.717) is 5.91 Å². The van der Waals surface area contributed by atoms with E-state index in [1.807, 2.05) is 0 Å². The largest absolute Gasteiger partial charge is 0.342 e. The van der Waals surface area contributed by atoms with Crippen molar-refractivity contribution >= 4 is 5.91 Å². The molecule has 0 aromatic heterocycles. The van der Waals surface area contributed by atoms with E-state index in [-0.39, 0.29) is 12.0 Å². The summed E-state index contributed by atoms with van der Waals surface area (Å²) in [7, 11) is 0. The molecule has 1 saturated heterocycles. The molecule has 1 saturated carbocycles. The van der Waals surface area contributed by atoms with Gasteiger partial charge in [0, 0.05) is 19.1 Å². The van der Waals surface area contributed by atoms with Gasteiger partial charge in [0.2, 0.25) is 5.91 Å². The number of amides is 1. The molecule has 2 fully saturated rings. The third-order valence-electron chi connectivity index (χ3n) is 4.76. The van der Waals surface area contributed by atoms with Crippen LogP contribution in [0.25, 0.3) is 0 Å². The van der Waals surface area contributed by atoms with Crippen LogP contribution in [-0.2, 0) is 4.79 Å². The molecular formula is C15H28N2O. The molecule has 0 radical (unpaired) electrons. The fourth-order valence-corrected chi connectivity index (χ4v) is 3.55. The molecule has 3 heteroatoms. The highest BCUT2D eigenvalue weighted by Gasteiger charge is 2.33. The lowest BCUT2D eigenvalue weighted by Crippen LogP contribution is -2.48. The Hall–Kier alpha value is -0.570. The number of carbonyl (C=O) groups excluding carboxylic acids is 1. The molecule has 1 aliphatic carbocycles. The number of piperidine rings is 1. The SMILES string of the molecule is CCCC1CCN(C(=O)C2CCCCC2N)CC1. The number of hydrogen-bond donors (Lipinski definition) is 1. The Morgan fingerprint density at radius 1 is 1.17 bits per heavy atom. The van der Waals surface area contributed by atoms with Crippen molar-refractivity contribution in [2.75, 3.05) is 13.1 Å². The van der Waals surface area contributed by atoms with Crippen molar-refractivity contribution < 1.29 is 4.79 Å². The molecule has 1 amide bonds. The van der Waals surface area contributed by atoms with E-state index >= 15 is 0 Å². The Labute approximate surface area is 111 Å². The summed E-state index contributed by atoms with van der Waals surface area (Å²) >= 11 is 0. The van der Waals surface area contributed by atoms with Crippen LogP contribution in [0.3, 0.4) is 0 Å². The summed E-state index contributed by atoms with van der Waals surface area (Å²) < 4.78 is 0. The van der Waals surface area contributed by atoms with Gasteiger partial charge in [-0.3, -0.25) is 4.79 Å². The summed E-state index contributed by atoms with van der Waals surface area (Å²) in [5.74, 6) is 1.30. The van der Waals surface area contributed by atoms with Gasteiger partial charge in [0.1, 0.15) is 0 Å². The van der Waals surface area contributed by atoms with Gasteiger partial charge in [-0.25, -0.2) is 0 Å². The maximum absolute atomic E-state index is 12.5. The van der Waals surface area contributed by atoms with Crippen LogP contribution in [0.15, 0.2) is 0 Å². The summed E-state index contributed by atoms with van der Waals surface area (Å²) in [5, 5.41) is 0. The van der Waals surface area contributed by atoms with Crippen molar-refractivity contribution in [2.45, 2.75) is 64.3 Å². The Morgan fingerprint density at radius 2 is 1.83 bits per heavy atom. The van der Waals surface area contributed by atoms with E-state index in [9.17, 15) is 4.79 Å². The number of nitrogens with two attached hydrogens (primary N) is 1. The summed E-state index contributed by atoms with van der Waals surface area (Å²) in [4.78, 5) is 14.6. The average molecular weight is 252 g/mol. The van der Waals surface area contributed by atoms with E-state index in [2.05, 4.69) is 11.8 Å². The van der Waals surface area contributed by atoms with Crippen LogP contribution in [0.1, 0.15) is 58.3 Å². The summed E-state index contributed by atoms with van der Waals surface area (Å²) in [6.07, 6.45) is 9.40. The minimum Gasteiger partial charge on any atom is -0.342 e. The van der Waals surface area contributed by atoms with Crippen LogP contribution in [0.5, 0.6) is 0 Å². The maximum Gasteiger partial charge on any atom is 0.227 e. The van der Waals surface area contributed by atoms with Gasteiger partial charge in [0.15, 0.2) is 0 Å². The normalized spacial score (nSPS) is 30.4. The fraction of sp³-hybridized carbons (Fsp3) is 0.933. The van der Waals surface area contributed by atoms with Gasteiger partial charge in [-0.1, -0.05) is 32.6 Å². The minimum atomic E-state index is 0.111. The van der Waals surface area contributed by atoms with E-state index < -0.39 is 0 Å². The highest BCUT2D eigenvalue weighted by Crippen LogP contribution is 2.28. The number of likely N-dealkylation sites (tertiary alicyclic amines) is 1. The lowest BCUT2D eigenvalue weighted by Gasteiger charge is -2.37. The number of nitrogens with zero attached hydrogens (tertiary/aromatic N) is 1. The first-order valence-electron chi connectivity index (χ1n) is 7.76. The van der Waals surface area contributed by atoms with E-state index in [0.717, 1.165) is 31.8 Å².